The van der Waals surface area contributed by atoms with Crippen molar-refractivity contribution in [1.29, 1.82) is 0 Å². The number of nitrogens with two attached hydrogens (primary N) is 1. The molecule has 22 heavy (non-hydrogen) atoms. The third-order valence-corrected chi connectivity index (χ3v) is 3.85. The lowest BCUT2D eigenvalue weighted by molar-refractivity contribution is -0.153. The summed E-state index contributed by atoms with van der Waals surface area (Å²) in [5.41, 5.74) is 5.70. The second-order valence-corrected chi connectivity index (χ2v) is 5.34. The van der Waals surface area contributed by atoms with Gasteiger partial charge in [-0.05, 0) is 6.92 Å². The standard InChI is InChI=1S/C12H14N5O4S/c1-2-16-3-4-17(10(20)9(16)19)12(21)15-7(5-18)8-6-22-11(13)14-8/h6-7H,2-4H2,1H3,(H2,13,14)(H,15,21). The van der Waals surface area contributed by atoms with Crippen molar-refractivity contribution < 1.29 is 19.2 Å². The Morgan fingerprint density at radius 1 is 1.50 bits per heavy atom. The van der Waals surface area contributed by atoms with Crippen LogP contribution in [0, 0.1) is 0 Å². The number of anilines is 1. The number of imide groups is 1. The van der Waals surface area contributed by atoms with Crippen LogP contribution in [0.25, 0.3) is 0 Å². The number of rotatable bonds is 4. The van der Waals surface area contributed by atoms with Gasteiger partial charge in [0.15, 0.2) is 5.13 Å². The molecule has 4 amide bonds. The maximum absolute atomic E-state index is 12.1. The van der Waals surface area contributed by atoms with Gasteiger partial charge in [-0.2, -0.15) is 0 Å². The van der Waals surface area contributed by atoms with E-state index in [9.17, 15) is 19.2 Å². The minimum atomic E-state index is -1.15. The molecule has 1 aliphatic heterocycles. The van der Waals surface area contributed by atoms with E-state index >= 15 is 0 Å². The average Bonchev–Trinajstić information content (AvgIpc) is 2.93. The van der Waals surface area contributed by atoms with E-state index in [4.69, 9.17) is 5.73 Å². The molecule has 1 aromatic rings. The predicted molar refractivity (Wildman–Crippen MR) is 77.5 cm³/mol. The fraction of sp³-hybridized carbons (Fsp3) is 0.417. The number of nitrogens with one attached hydrogen (secondary N) is 1. The van der Waals surface area contributed by atoms with Crippen LogP contribution >= 0.6 is 11.3 Å². The van der Waals surface area contributed by atoms with E-state index in [0.29, 0.717) is 6.54 Å². The molecule has 10 heteroatoms. The maximum Gasteiger partial charge on any atom is 0.325 e. The number of nitrogen functional groups attached to an aromatic ring is 1. The Labute approximate surface area is 130 Å². The van der Waals surface area contributed by atoms with Crippen LogP contribution in [0.3, 0.4) is 0 Å². The van der Waals surface area contributed by atoms with Gasteiger partial charge in [0.05, 0.1) is 5.69 Å². The molecule has 1 atom stereocenters. The number of carbonyl (C=O) groups is 3. The van der Waals surface area contributed by atoms with Gasteiger partial charge in [-0.3, -0.25) is 19.3 Å². The van der Waals surface area contributed by atoms with Crippen molar-refractivity contribution in [3.05, 3.63) is 11.1 Å². The molecule has 1 saturated heterocycles. The number of nitrogens with zero attached hydrogens (tertiary/aromatic N) is 3. The summed E-state index contributed by atoms with van der Waals surface area (Å²) >= 11 is 1.11. The first kappa shape index (κ1) is 15.9. The largest absolute Gasteiger partial charge is 0.375 e. The second kappa shape index (κ2) is 6.52. The molecular formula is C12H14N5O4S. The number of thiazole rings is 1. The Hall–Kier alpha value is -2.49. The molecule has 0 aliphatic carbocycles. The highest BCUT2D eigenvalue weighted by atomic mass is 32.1. The number of piperazine rings is 1. The quantitative estimate of drug-likeness (QED) is 0.704. The van der Waals surface area contributed by atoms with E-state index in [1.165, 1.54) is 10.3 Å². The fourth-order valence-corrected chi connectivity index (χ4v) is 2.56. The zero-order valence-electron chi connectivity index (χ0n) is 11.7. The van der Waals surface area contributed by atoms with E-state index < -0.39 is 23.9 Å². The summed E-state index contributed by atoms with van der Waals surface area (Å²) in [4.78, 5) is 52.7. The number of amides is 4. The molecular weight excluding hydrogens is 310 g/mol. The summed E-state index contributed by atoms with van der Waals surface area (Å²) < 4.78 is 0. The normalized spacial score (nSPS) is 16.6. The minimum absolute atomic E-state index is 0.0645. The van der Waals surface area contributed by atoms with Crippen LogP contribution < -0.4 is 11.1 Å². The van der Waals surface area contributed by atoms with Gasteiger partial charge in [-0.15, -0.1) is 11.3 Å². The smallest absolute Gasteiger partial charge is 0.325 e. The van der Waals surface area contributed by atoms with Crippen molar-refractivity contribution >= 4 is 40.6 Å². The van der Waals surface area contributed by atoms with Gasteiger partial charge < -0.3 is 16.0 Å². The first-order valence-corrected chi connectivity index (χ1v) is 7.35. The first-order valence-electron chi connectivity index (χ1n) is 6.47. The first-order chi connectivity index (χ1) is 10.5. The zero-order chi connectivity index (χ0) is 16.3. The summed E-state index contributed by atoms with van der Waals surface area (Å²) in [6, 6.07) is -1.98. The van der Waals surface area contributed by atoms with Crippen LogP contribution in [0.1, 0.15) is 18.7 Å². The number of aromatic nitrogens is 1. The molecule has 0 bridgehead atoms. The number of likely N-dealkylation sites (N-methyl/N-ethyl adjacent to an activating group) is 1. The van der Waals surface area contributed by atoms with Gasteiger partial charge in [-0.25, -0.2) is 9.78 Å². The highest BCUT2D eigenvalue weighted by Gasteiger charge is 2.36. The second-order valence-electron chi connectivity index (χ2n) is 4.45. The molecule has 9 nitrogen and oxygen atoms in total. The Balaban J connectivity index is 2.06. The Bertz CT molecular complexity index is 616. The summed E-state index contributed by atoms with van der Waals surface area (Å²) in [7, 11) is 0. The van der Waals surface area contributed by atoms with Crippen molar-refractivity contribution in [2.45, 2.75) is 13.0 Å². The summed E-state index contributed by atoms with van der Waals surface area (Å²) in [5, 5.41) is 4.06. The SMILES string of the molecule is CCN1CCN(C(=O)NC([C]=O)c2csc(N)n2)C(=O)C1=O. The van der Waals surface area contributed by atoms with E-state index in [2.05, 4.69) is 10.3 Å². The maximum atomic E-state index is 12.1. The van der Waals surface area contributed by atoms with Crippen LogP contribution in [0.4, 0.5) is 9.93 Å². The highest BCUT2D eigenvalue weighted by Crippen LogP contribution is 2.17. The van der Waals surface area contributed by atoms with Gasteiger partial charge in [0.25, 0.3) is 0 Å². The number of urea groups is 1. The van der Waals surface area contributed by atoms with Crippen molar-refractivity contribution in [2.75, 3.05) is 25.4 Å². The van der Waals surface area contributed by atoms with Crippen LogP contribution in [0.15, 0.2) is 5.38 Å². The minimum Gasteiger partial charge on any atom is -0.375 e. The van der Waals surface area contributed by atoms with Crippen molar-refractivity contribution in [3.63, 3.8) is 0 Å². The predicted octanol–water partition coefficient (Wildman–Crippen LogP) is -0.724. The Kier molecular flexibility index (Phi) is 4.71. The van der Waals surface area contributed by atoms with Gasteiger partial charge in [0, 0.05) is 25.0 Å². The van der Waals surface area contributed by atoms with Gasteiger partial charge in [0.1, 0.15) is 6.04 Å². The Morgan fingerprint density at radius 3 is 2.77 bits per heavy atom. The summed E-state index contributed by atoms with van der Waals surface area (Å²) in [6.45, 7) is 2.45. The number of hydrogen-bond acceptors (Lipinski definition) is 7. The van der Waals surface area contributed by atoms with Crippen LogP contribution in [-0.2, 0) is 14.4 Å². The van der Waals surface area contributed by atoms with Gasteiger partial charge >= 0.3 is 17.8 Å². The summed E-state index contributed by atoms with van der Waals surface area (Å²) in [6.07, 6.45) is 1.62. The van der Waals surface area contributed by atoms with E-state index in [-0.39, 0.29) is 23.9 Å². The lowest BCUT2D eigenvalue weighted by Crippen LogP contribution is -2.58. The van der Waals surface area contributed by atoms with Crippen molar-refractivity contribution in [1.82, 2.24) is 20.1 Å². The molecule has 117 valence electrons. The lowest BCUT2D eigenvalue weighted by atomic mass is 10.2. The number of hydrogen-bond donors (Lipinski definition) is 2. The van der Waals surface area contributed by atoms with Crippen LogP contribution in [0.2, 0.25) is 0 Å². The molecule has 2 heterocycles. The molecule has 2 rings (SSSR count). The third kappa shape index (κ3) is 3.06. The molecule has 1 unspecified atom stereocenters. The van der Waals surface area contributed by atoms with E-state index in [1.807, 2.05) is 0 Å². The molecule has 0 aromatic carbocycles. The Morgan fingerprint density at radius 2 is 2.23 bits per heavy atom. The van der Waals surface area contributed by atoms with Crippen molar-refractivity contribution in [2.24, 2.45) is 0 Å². The van der Waals surface area contributed by atoms with Crippen LogP contribution in [0.5, 0.6) is 0 Å². The lowest BCUT2D eigenvalue weighted by Gasteiger charge is -2.32. The molecule has 0 spiro atoms. The summed E-state index contributed by atoms with van der Waals surface area (Å²) in [5.74, 6) is -1.67. The molecule has 3 N–H and O–H groups in total. The highest BCUT2D eigenvalue weighted by molar-refractivity contribution is 7.13. The van der Waals surface area contributed by atoms with Gasteiger partial charge in [0.2, 0.25) is 6.29 Å². The molecule has 1 fully saturated rings. The number of carbonyl (C=O) groups excluding carboxylic acids is 4. The average molecular weight is 324 g/mol. The fourth-order valence-electron chi connectivity index (χ4n) is 1.97. The van der Waals surface area contributed by atoms with E-state index in [0.717, 1.165) is 16.2 Å². The zero-order valence-corrected chi connectivity index (χ0v) is 12.6. The molecule has 1 aromatic heterocycles. The third-order valence-electron chi connectivity index (χ3n) is 3.16. The van der Waals surface area contributed by atoms with Crippen molar-refractivity contribution in [3.8, 4) is 0 Å². The topological polar surface area (TPSA) is 126 Å². The van der Waals surface area contributed by atoms with Gasteiger partial charge in [-0.1, -0.05) is 0 Å². The van der Waals surface area contributed by atoms with Crippen LogP contribution in [-0.4, -0.2) is 58.5 Å². The molecule has 1 radical (unpaired) electrons. The monoisotopic (exact) mass is 324 g/mol. The van der Waals surface area contributed by atoms with E-state index in [1.54, 1.807) is 13.2 Å². The molecule has 0 saturated carbocycles. The molecule has 1 aliphatic rings.